The van der Waals surface area contributed by atoms with Crippen molar-refractivity contribution in [3.63, 3.8) is 0 Å². The first kappa shape index (κ1) is 14.1. The lowest BCUT2D eigenvalue weighted by molar-refractivity contribution is 0.0701. The number of carbonyl (C=O) groups excluding carboxylic acids is 1. The molecule has 1 atom stereocenters. The molecule has 5 nitrogen and oxygen atoms in total. The third-order valence-electron chi connectivity index (χ3n) is 3.52. The minimum atomic E-state index is -0.00278. The van der Waals surface area contributed by atoms with Crippen LogP contribution in [0, 0.1) is 5.92 Å². The van der Waals surface area contributed by atoms with E-state index >= 15 is 0 Å². The molecule has 1 amide bonds. The predicted octanol–water partition coefficient (Wildman–Crippen LogP) is 2.28. The van der Waals surface area contributed by atoms with Gasteiger partial charge in [-0.25, -0.2) is 10.8 Å². The Labute approximate surface area is 118 Å². The Morgan fingerprint density at radius 2 is 2.32 bits per heavy atom. The van der Waals surface area contributed by atoms with Gasteiger partial charge in [0.2, 0.25) is 0 Å². The number of nitrogen functional groups attached to an aromatic ring is 1. The zero-order chi connectivity index (χ0) is 14.0. The highest BCUT2D eigenvalue weighted by Crippen LogP contribution is 2.26. The molecule has 104 valence electrons. The fraction of sp³-hybridized carbons (Fsp3) is 0.538. The summed E-state index contributed by atoms with van der Waals surface area (Å²) in [6, 6.07) is 3.51. The molecule has 1 aliphatic rings. The van der Waals surface area contributed by atoms with Gasteiger partial charge >= 0.3 is 0 Å². The Morgan fingerprint density at radius 1 is 1.58 bits per heavy atom. The van der Waals surface area contributed by atoms with E-state index in [0.717, 1.165) is 19.4 Å². The minimum Gasteiger partial charge on any atom is -0.335 e. The molecule has 1 aliphatic heterocycles. The van der Waals surface area contributed by atoms with Gasteiger partial charge in [0.1, 0.15) is 11.0 Å². The van der Waals surface area contributed by atoms with E-state index in [4.69, 9.17) is 17.4 Å². The molecule has 0 aliphatic carbocycles. The number of nitrogens with zero attached hydrogens (tertiary/aromatic N) is 2. The molecule has 1 aromatic rings. The summed E-state index contributed by atoms with van der Waals surface area (Å²) in [5.74, 6) is 6.17. The number of aromatic nitrogens is 1. The molecule has 19 heavy (non-hydrogen) atoms. The first-order valence-corrected chi connectivity index (χ1v) is 6.86. The van der Waals surface area contributed by atoms with Crippen molar-refractivity contribution in [3.8, 4) is 0 Å². The normalized spacial score (nSPS) is 19.0. The van der Waals surface area contributed by atoms with Crippen LogP contribution in [0.1, 0.15) is 37.0 Å². The zero-order valence-electron chi connectivity index (χ0n) is 11.2. The predicted molar refractivity (Wildman–Crippen MR) is 76.0 cm³/mol. The van der Waals surface area contributed by atoms with Crippen LogP contribution in [-0.4, -0.2) is 28.4 Å². The number of pyridine rings is 1. The molecule has 2 heterocycles. The number of hydrogen-bond acceptors (Lipinski definition) is 4. The van der Waals surface area contributed by atoms with E-state index in [1.807, 2.05) is 4.90 Å². The van der Waals surface area contributed by atoms with Crippen LogP contribution in [0.15, 0.2) is 12.1 Å². The van der Waals surface area contributed by atoms with E-state index in [9.17, 15) is 4.79 Å². The maximum absolute atomic E-state index is 12.6. The van der Waals surface area contributed by atoms with Gasteiger partial charge in [-0.2, -0.15) is 0 Å². The lowest BCUT2D eigenvalue weighted by Gasteiger charge is -2.27. The Kier molecular flexibility index (Phi) is 4.27. The van der Waals surface area contributed by atoms with Gasteiger partial charge < -0.3 is 10.3 Å². The lowest BCUT2D eigenvalue weighted by Crippen LogP contribution is -2.38. The molecule has 1 aromatic heterocycles. The number of nitrogens with one attached hydrogen (secondary N) is 1. The number of amides is 1. The van der Waals surface area contributed by atoms with Crippen LogP contribution in [0.5, 0.6) is 0 Å². The molecular formula is C13H19ClN4O. The van der Waals surface area contributed by atoms with Gasteiger partial charge in [0, 0.05) is 18.2 Å². The largest absolute Gasteiger partial charge is 0.335 e. The van der Waals surface area contributed by atoms with E-state index in [0.29, 0.717) is 23.3 Å². The highest BCUT2D eigenvalue weighted by Gasteiger charge is 2.31. The monoisotopic (exact) mass is 282 g/mol. The molecule has 0 aromatic carbocycles. The third kappa shape index (κ3) is 2.98. The van der Waals surface area contributed by atoms with E-state index in [2.05, 4.69) is 24.3 Å². The molecule has 0 saturated carbocycles. The van der Waals surface area contributed by atoms with Crippen LogP contribution in [-0.2, 0) is 0 Å². The first-order valence-electron chi connectivity index (χ1n) is 6.48. The second kappa shape index (κ2) is 5.75. The van der Waals surface area contributed by atoms with E-state index in [-0.39, 0.29) is 11.1 Å². The molecular weight excluding hydrogens is 264 g/mol. The van der Waals surface area contributed by atoms with Crippen LogP contribution < -0.4 is 11.3 Å². The van der Waals surface area contributed by atoms with Gasteiger partial charge in [-0.3, -0.25) is 4.79 Å². The smallest absolute Gasteiger partial charge is 0.254 e. The fourth-order valence-corrected chi connectivity index (χ4v) is 2.81. The molecule has 6 heteroatoms. The summed E-state index contributed by atoms with van der Waals surface area (Å²) in [6.07, 6.45) is 2.11. The maximum Gasteiger partial charge on any atom is 0.254 e. The quantitative estimate of drug-likeness (QED) is 0.507. The molecule has 1 fully saturated rings. The molecule has 0 bridgehead atoms. The van der Waals surface area contributed by atoms with Gasteiger partial charge in [0.15, 0.2) is 0 Å². The number of likely N-dealkylation sites (tertiary alicyclic amines) is 1. The van der Waals surface area contributed by atoms with Crippen LogP contribution in [0.4, 0.5) is 5.82 Å². The lowest BCUT2D eigenvalue weighted by atomic mass is 10.0. The SMILES string of the molecule is CC(C)C1CCCN1C(=O)c1cc(Cl)nc(NN)c1. The van der Waals surface area contributed by atoms with Crippen LogP contribution in [0.2, 0.25) is 5.15 Å². The number of carbonyl (C=O) groups is 1. The Bertz CT molecular complexity index is 478. The second-order valence-electron chi connectivity index (χ2n) is 5.16. The maximum atomic E-state index is 12.6. The summed E-state index contributed by atoms with van der Waals surface area (Å²) in [5, 5.41) is 0.263. The number of hydrazine groups is 1. The van der Waals surface area contributed by atoms with Crippen molar-refractivity contribution < 1.29 is 4.79 Å². The average Bonchev–Trinajstić information content (AvgIpc) is 2.86. The number of nitrogens with two attached hydrogens (primary N) is 1. The molecule has 2 rings (SSSR count). The Balaban J connectivity index is 2.26. The van der Waals surface area contributed by atoms with Crippen molar-refractivity contribution in [2.45, 2.75) is 32.7 Å². The number of hydrogen-bond donors (Lipinski definition) is 2. The van der Waals surface area contributed by atoms with Gasteiger partial charge in [0.25, 0.3) is 5.91 Å². The zero-order valence-corrected chi connectivity index (χ0v) is 11.9. The van der Waals surface area contributed by atoms with Crippen molar-refractivity contribution in [3.05, 3.63) is 22.8 Å². The van der Waals surface area contributed by atoms with E-state index < -0.39 is 0 Å². The standard InChI is InChI=1S/C13H19ClN4O/c1-8(2)10-4-3-5-18(10)13(19)9-6-11(14)16-12(7-9)17-15/h6-8,10H,3-5,15H2,1-2H3,(H,16,17). The highest BCUT2D eigenvalue weighted by atomic mass is 35.5. The van der Waals surface area contributed by atoms with Gasteiger partial charge in [-0.1, -0.05) is 25.4 Å². The molecule has 1 saturated heterocycles. The summed E-state index contributed by atoms with van der Waals surface area (Å²) in [7, 11) is 0. The summed E-state index contributed by atoms with van der Waals surface area (Å²) in [6.45, 7) is 5.08. The topological polar surface area (TPSA) is 71.2 Å². The summed E-state index contributed by atoms with van der Waals surface area (Å²) < 4.78 is 0. The van der Waals surface area contributed by atoms with Crippen molar-refractivity contribution in [1.29, 1.82) is 0 Å². The summed E-state index contributed by atoms with van der Waals surface area (Å²) in [5.41, 5.74) is 2.95. The van der Waals surface area contributed by atoms with E-state index in [1.165, 1.54) is 0 Å². The number of rotatable bonds is 3. The van der Waals surface area contributed by atoms with Gasteiger partial charge in [-0.05, 0) is 30.9 Å². The van der Waals surface area contributed by atoms with Crippen molar-refractivity contribution in [2.24, 2.45) is 11.8 Å². The van der Waals surface area contributed by atoms with Crippen LogP contribution >= 0.6 is 11.6 Å². The number of anilines is 1. The molecule has 0 radical (unpaired) electrons. The summed E-state index contributed by atoms with van der Waals surface area (Å²) in [4.78, 5) is 18.5. The van der Waals surface area contributed by atoms with Crippen molar-refractivity contribution >= 4 is 23.3 Å². The van der Waals surface area contributed by atoms with Crippen LogP contribution in [0.25, 0.3) is 0 Å². The minimum absolute atomic E-state index is 0.00278. The highest BCUT2D eigenvalue weighted by molar-refractivity contribution is 6.29. The van der Waals surface area contributed by atoms with Crippen LogP contribution in [0.3, 0.4) is 0 Å². The van der Waals surface area contributed by atoms with Crippen molar-refractivity contribution in [2.75, 3.05) is 12.0 Å². The fourth-order valence-electron chi connectivity index (χ4n) is 2.60. The second-order valence-corrected chi connectivity index (χ2v) is 5.55. The first-order chi connectivity index (χ1) is 9.02. The van der Waals surface area contributed by atoms with Crippen molar-refractivity contribution in [1.82, 2.24) is 9.88 Å². The summed E-state index contributed by atoms with van der Waals surface area (Å²) >= 11 is 5.90. The molecule has 1 unspecified atom stereocenters. The molecule has 3 N–H and O–H groups in total. The van der Waals surface area contributed by atoms with Gasteiger partial charge in [-0.15, -0.1) is 0 Å². The average molecular weight is 283 g/mol. The Morgan fingerprint density at radius 3 is 2.95 bits per heavy atom. The third-order valence-corrected chi connectivity index (χ3v) is 3.71. The van der Waals surface area contributed by atoms with E-state index in [1.54, 1.807) is 12.1 Å². The number of halogens is 1. The Hall–Kier alpha value is -1.33. The van der Waals surface area contributed by atoms with Gasteiger partial charge in [0.05, 0.1) is 0 Å². The molecule has 0 spiro atoms.